The van der Waals surface area contributed by atoms with Gasteiger partial charge in [0.1, 0.15) is 5.75 Å². The van der Waals surface area contributed by atoms with E-state index in [0.717, 1.165) is 28.0 Å². The second-order valence-electron chi connectivity index (χ2n) is 4.54. The average molecular weight is 252 g/mol. The molecular weight excluding hydrogens is 232 g/mol. The molecule has 2 N–H and O–H groups in total. The van der Waals surface area contributed by atoms with Crippen molar-refractivity contribution in [1.29, 1.82) is 0 Å². The number of aliphatic hydroxyl groups is 1. The van der Waals surface area contributed by atoms with Crippen LogP contribution in [-0.4, -0.2) is 29.9 Å². The molecule has 18 heavy (non-hydrogen) atoms. The third-order valence-electron chi connectivity index (χ3n) is 3.35. The van der Waals surface area contributed by atoms with Crippen LogP contribution in [0.1, 0.15) is 34.6 Å². The molecule has 1 rings (SSSR count). The van der Waals surface area contributed by atoms with E-state index in [2.05, 4.69) is 0 Å². The lowest BCUT2D eigenvalue weighted by Crippen LogP contribution is -2.13. The standard InChI is InChI=1S/C14H20O4/c1-8-5-12(11(7-15)6-13(16)17)9(2)10(3)14(8)18-4/h5,11,15H,6-7H2,1-4H3,(H,16,17). The number of methoxy groups -OCH3 is 1. The molecular formula is C14H20O4. The summed E-state index contributed by atoms with van der Waals surface area (Å²) in [6.45, 7) is 5.62. The smallest absolute Gasteiger partial charge is 0.304 e. The van der Waals surface area contributed by atoms with Crippen LogP contribution in [0.4, 0.5) is 0 Å². The van der Waals surface area contributed by atoms with E-state index in [1.165, 1.54) is 0 Å². The molecule has 0 radical (unpaired) electrons. The number of ether oxygens (including phenoxy) is 1. The number of carboxylic acid groups (broad SMARTS) is 1. The summed E-state index contributed by atoms with van der Waals surface area (Å²) in [5.41, 5.74) is 3.82. The van der Waals surface area contributed by atoms with E-state index in [-0.39, 0.29) is 18.9 Å². The zero-order valence-electron chi connectivity index (χ0n) is 11.3. The molecule has 0 aliphatic carbocycles. The number of aliphatic hydroxyl groups excluding tert-OH is 1. The van der Waals surface area contributed by atoms with Gasteiger partial charge in [0.05, 0.1) is 20.1 Å². The van der Waals surface area contributed by atoms with Crippen molar-refractivity contribution in [3.05, 3.63) is 28.3 Å². The molecule has 1 aromatic rings. The first kappa shape index (κ1) is 14.5. The molecule has 0 aliphatic rings. The van der Waals surface area contributed by atoms with Crippen LogP contribution in [0.3, 0.4) is 0 Å². The summed E-state index contributed by atoms with van der Waals surface area (Å²) in [5.74, 6) is -0.450. The van der Waals surface area contributed by atoms with Gasteiger partial charge >= 0.3 is 5.97 Å². The number of aryl methyl sites for hydroxylation is 1. The predicted octanol–water partition coefficient (Wildman–Crippen LogP) is 2.17. The lowest BCUT2D eigenvalue weighted by atomic mass is 9.88. The van der Waals surface area contributed by atoms with Crippen LogP contribution in [0.25, 0.3) is 0 Å². The number of carbonyl (C=O) groups is 1. The van der Waals surface area contributed by atoms with Crippen LogP contribution < -0.4 is 4.74 Å². The third kappa shape index (κ3) is 2.82. The first-order chi connectivity index (χ1) is 8.42. The van der Waals surface area contributed by atoms with Gasteiger partial charge in [0.25, 0.3) is 0 Å². The molecule has 0 heterocycles. The summed E-state index contributed by atoms with van der Waals surface area (Å²) < 4.78 is 5.33. The minimum Gasteiger partial charge on any atom is -0.496 e. The number of benzene rings is 1. The van der Waals surface area contributed by atoms with Gasteiger partial charge in [-0.25, -0.2) is 0 Å². The highest BCUT2D eigenvalue weighted by atomic mass is 16.5. The first-order valence-corrected chi connectivity index (χ1v) is 5.89. The SMILES string of the molecule is COc1c(C)cc(C(CO)CC(=O)O)c(C)c1C. The van der Waals surface area contributed by atoms with Gasteiger partial charge in [0, 0.05) is 5.92 Å². The van der Waals surface area contributed by atoms with Crippen molar-refractivity contribution in [3.63, 3.8) is 0 Å². The zero-order chi connectivity index (χ0) is 13.9. The van der Waals surface area contributed by atoms with Crippen LogP contribution in [0.5, 0.6) is 5.75 Å². The maximum absolute atomic E-state index is 10.8. The summed E-state index contributed by atoms with van der Waals surface area (Å²) in [6, 6.07) is 1.91. The maximum atomic E-state index is 10.8. The van der Waals surface area contributed by atoms with Gasteiger partial charge in [-0.15, -0.1) is 0 Å². The van der Waals surface area contributed by atoms with Gasteiger partial charge in [-0.1, -0.05) is 6.07 Å². The van der Waals surface area contributed by atoms with Gasteiger partial charge in [-0.05, 0) is 43.0 Å². The number of aliphatic carboxylic acids is 1. The van der Waals surface area contributed by atoms with E-state index in [0.29, 0.717) is 0 Å². The minimum absolute atomic E-state index is 0.0669. The Morgan fingerprint density at radius 3 is 2.39 bits per heavy atom. The normalized spacial score (nSPS) is 12.3. The fourth-order valence-electron chi connectivity index (χ4n) is 2.31. The zero-order valence-corrected chi connectivity index (χ0v) is 11.3. The molecule has 0 aromatic heterocycles. The Morgan fingerprint density at radius 2 is 1.94 bits per heavy atom. The summed E-state index contributed by atoms with van der Waals surface area (Å²) in [5, 5.41) is 18.2. The first-order valence-electron chi connectivity index (χ1n) is 5.89. The summed E-state index contributed by atoms with van der Waals surface area (Å²) in [7, 11) is 1.62. The fraction of sp³-hybridized carbons (Fsp3) is 0.500. The Labute approximate surface area is 107 Å². The quantitative estimate of drug-likeness (QED) is 0.842. The average Bonchev–Trinajstić information content (AvgIpc) is 2.31. The molecule has 0 saturated carbocycles. The molecule has 4 nitrogen and oxygen atoms in total. The number of hydrogen-bond donors (Lipinski definition) is 2. The van der Waals surface area contributed by atoms with E-state index >= 15 is 0 Å². The van der Waals surface area contributed by atoms with Crippen molar-refractivity contribution >= 4 is 5.97 Å². The van der Waals surface area contributed by atoms with Crippen molar-refractivity contribution < 1.29 is 19.7 Å². The second-order valence-corrected chi connectivity index (χ2v) is 4.54. The molecule has 0 saturated heterocycles. The van der Waals surface area contributed by atoms with E-state index in [1.54, 1.807) is 7.11 Å². The van der Waals surface area contributed by atoms with Crippen molar-refractivity contribution in [1.82, 2.24) is 0 Å². The Balaban J connectivity index is 3.28. The maximum Gasteiger partial charge on any atom is 0.304 e. The van der Waals surface area contributed by atoms with Gasteiger partial charge < -0.3 is 14.9 Å². The molecule has 100 valence electrons. The summed E-state index contributed by atoms with van der Waals surface area (Å²) in [4.78, 5) is 10.8. The Morgan fingerprint density at radius 1 is 1.33 bits per heavy atom. The van der Waals surface area contributed by atoms with E-state index < -0.39 is 5.97 Å². The molecule has 0 aliphatic heterocycles. The topological polar surface area (TPSA) is 66.8 Å². The fourth-order valence-corrected chi connectivity index (χ4v) is 2.31. The van der Waals surface area contributed by atoms with Crippen LogP contribution in [0.15, 0.2) is 6.07 Å². The third-order valence-corrected chi connectivity index (χ3v) is 3.35. The molecule has 0 amide bonds. The second kappa shape index (κ2) is 5.87. The van der Waals surface area contributed by atoms with Gasteiger partial charge in [0.15, 0.2) is 0 Å². The van der Waals surface area contributed by atoms with Crippen molar-refractivity contribution in [2.24, 2.45) is 0 Å². The highest BCUT2D eigenvalue weighted by Crippen LogP contribution is 2.33. The molecule has 1 aromatic carbocycles. The predicted molar refractivity (Wildman–Crippen MR) is 69.3 cm³/mol. The van der Waals surface area contributed by atoms with Crippen molar-refractivity contribution in [2.45, 2.75) is 33.1 Å². The molecule has 1 unspecified atom stereocenters. The monoisotopic (exact) mass is 252 g/mol. The highest BCUT2D eigenvalue weighted by Gasteiger charge is 2.20. The van der Waals surface area contributed by atoms with Crippen LogP contribution in [-0.2, 0) is 4.79 Å². The molecule has 0 bridgehead atoms. The number of rotatable bonds is 5. The van der Waals surface area contributed by atoms with Crippen LogP contribution >= 0.6 is 0 Å². The molecule has 0 spiro atoms. The molecule has 1 atom stereocenters. The number of hydrogen-bond acceptors (Lipinski definition) is 3. The van der Waals surface area contributed by atoms with Crippen molar-refractivity contribution in [2.75, 3.05) is 13.7 Å². The van der Waals surface area contributed by atoms with Crippen LogP contribution in [0, 0.1) is 20.8 Å². The van der Waals surface area contributed by atoms with Gasteiger partial charge in [-0.3, -0.25) is 4.79 Å². The Kier molecular flexibility index (Phi) is 4.73. The van der Waals surface area contributed by atoms with Crippen molar-refractivity contribution in [3.8, 4) is 5.75 Å². The van der Waals surface area contributed by atoms with Gasteiger partial charge in [-0.2, -0.15) is 0 Å². The minimum atomic E-state index is -0.903. The molecule has 4 heteroatoms. The Hall–Kier alpha value is -1.55. The lowest BCUT2D eigenvalue weighted by molar-refractivity contribution is -0.137. The van der Waals surface area contributed by atoms with E-state index in [1.807, 2.05) is 26.8 Å². The lowest BCUT2D eigenvalue weighted by Gasteiger charge is -2.20. The largest absolute Gasteiger partial charge is 0.496 e. The van der Waals surface area contributed by atoms with E-state index in [9.17, 15) is 9.90 Å². The number of carboxylic acids is 1. The summed E-state index contributed by atoms with van der Waals surface area (Å²) in [6.07, 6.45) is -0.0669. The van der Waals surface area contributed by atoms with Crippen LogP contribution in [0.2, 0.25) is 0 Å². The summed E-state index contributed by atoms with van der Waals surface area (Å²) >= 11 is 0. The molecule has 0 fully saturated rings. The highest BCUT2D eigenvalue weighted by molar-refractivity contribution is 5.68. The van der Waals surface area contributed by atoms with Gasteiger partial charge in [0.2, 0.25) is 0 Å². The van der Waals surface area contributed by atoms with E-state index in [4.69, 9.17) is 9.84 Å². The Bertz CT molecular complexity index is 452.